The molecule has 1 aromatic heterocycles. The molecule has 0 saturated heterocycles. The van der Waals surface area contributed by atoms with E-state index in [0.717, 1.165) is 41.6 Å². The summed E-state index contributed by atoms with van der Waals surface area (Å²) in [5.41, 5.74) is 5.94. The second-order valence-corrected chi connectivity index (χ2v) is 8.51. The van der Waals surface area contributed by atoms with Crippen molar-refractivity contribution < 1.29 is 14.3 Å². The molecule has 0 N–H and O–H groups in total. The first-order chi connectivity index (χ1) is 14.9. The topological polar surface area (TPSA) is 40.5 Å². The lowest BCUT2D eigenvalue weighted by Gasteiger charge is -2.20. The molecule has 3 aromatic rings. The van der Waals surface area contributed by atoms with Crippen LogP contribution in [0.3, 0.4) is 0 Å². The zero-order valence-corrected chi connectivity index (χ0v) is 19.7. The zero-order valence-electron chi connectivity index (χ0n) is 19.7. The Kier molecular flexibility index (Phi) is 7.42. The molecule has 0 saturated carbocycles. The van der Waals surface area contributed by atoms with Gasteiger partial charge in [0.05, 0.1) is 13.7 Å². The molecule has 0 spiro atoms. The van der Waals surface area contributed by atoms with Crippen LogP contribution in [0.4, 0.5) is 0 Å². The van der Waals surface area contributed by atoms with Crippen LogP contribution in [0.5, 0.6) is 5.75 Å². The van der Waals surface area contributed by atoms with Crippen molar-refractivity contribution in [3.63, 3.8) is 0 Å². The summed E-state index contributed by atoms with van der Waals surface area (Å²) in [6.45, 7) is 10.8. The summed E-state index contributed by atoms with van der Waals surface area (Å²) >= 11 is 0. The Hall–Kier alpha value is -2.75. The largest absolute Gasteiger partial charge is 0.496 e. The lowest BCUT2D eigenvalue weighted by atomic mass is 9.96. The summed E-state index contributed by atoms with van der Waals surface area (Å²) < 4.78 is 13.0. The molecule has 3 rings (SSSR count). The van der Waals surface area contributed by atoms with Crippen molar-refractivity contribution in [2.75, 3.05) is 13.7 Å². The van der Waals surface area contributed by atoms with Crippen molar-refractivity contribution in [1.82, 2.24) is 4.57 Å². The molecule has 0 amide bonds. The second kappa shape index (κ2) is 10.0. The normalized spacial score (nSPS) is 12.4. The van der Waals surface area contributed by atoms with E-state index < -0.39 is 0 Å². The molecule has 0 bridgehead atoms. The molecule has 1 unspecified atom stereocenters. The third-order valence-electron chi connectivity index (χ3n) is 5.85. The van der Waals surface area contributed by atoms with Crippen LogP contribution in [0.25, 0.3) is 10.9 Å². The Morgan fingerprint density at radius 2 is 1.74 bits per heavy atom. The van der Waals surface area contributed by atoms with E-state index in [0.29, 0.717) is 12.5 Å². The van der Waals surface area contributed by atoms with Crippen molar-refractivity contribution in [2.24, 2.45) is 0 Å². The first kappa shape index (κ1) is 22.9. The van der Waals surface area contributed by atoms with Gasteiger partial charge in [-0.15, -0.1) is 0 Å². The first-order valence-corrected chi connectivity index (χ1v) is 11.3. The highest BCUT2D eigenvalue weighted by Gasteiger charge is 2.24. The maximum absolute atomic E-state index is 12.6. The maximum atomic E-state index is 12.6. The lowest BCUT2D eigenvalue weighted by Crippen LogP contribution is -2.22. The van der Waals surface area contributed by atoms with Gasteiger partial charge in [-0.25, -0.2) is 4.79 Å². The van der Waals surface area contributed by atoms with Gasteiger partial charge >= 0.3 is 5.97 Å². The summed E-state index contributed by atoms with van der Waals surface area (Å²) in [7, 11) is 1.73. The van der Waals surface area contributed by atoms with E-state index in [-0.39, 0.29) is 12.0 Å². The molecule has 31 heavy (non-hydrogen) atoms. The average Bonchev–Trinajstić information content (AvgIpc) is 3.06. The predicted octanol–water partition coefficient (Wildman–Crippen LogP) is 6.58. The number of carbonyl (C=O) groups is 1. The number of rotatable bonds is 9. The van der Waals surface area contributed by atoms with Crippen LogP contribution in [0.1, 0.15) is 74.9 Å². The van der Waals surface area contributed by atoms with Gasteiger partial charge in [0.25, 0.3) is 0 Å². The maximum Gasteiger partial charge on any atom is 0.329 e. The highest BCUT2D eigenvalue weighted by molar-refractivity contribution is 5.85. The van der Waals surface area contributed by atoms with Crippen LogP contribution in [0, 0.1) is 6.92 Å². The number of benzene rings is 2. The van der Waals surface area contributed by atoms with Gasteiger partial charge in [0, 0.05) is 16.6 Å². The molecule has 0 aliphatic carbocycles. The van der Waals surface area contributed by atoms with Gasteiger partial charge in [0.1, 0.15) is 11.8 Å². The smallest absolute Gasteiger partial charge is 0.329 e. The molecule has 0 fully saturated rings. The predicted molar refractivity (Wildman–Crippen MR) is 127 cm³/mol. The molecule has 1 atom stereocenters. The number of fused-ring (bicyclic) bond motifs is 1. The number of carbonyl (C=O) groups excluding carboxylic acids is 1. The highest BCUT2D eigenvalue weighted by Crippen LogP contribution is 2.31. The molecular weight excluding hydrogens is 386 g/mol. The van der Waals surface area contributed by atoms with Crippen LogP contribution in [-0.4, -0.2) is 24.3 Å². The second-order valence-electron chi connectivity index (χ2n) is 8.51. The number of aryl methyl sites for hydroxylation is 1. The number of nitrogens with zero attached hydrogens (tertiary/aromatic N) is 1. The van der Waals surface area contributed by atoms with Crippen LogP contribution in [0.15, 0.2) is 42.5 Å². The fourth-order valence-electron chi connectivity index (χ4n) is 4.39. The zero-order chi connectivity index (χ0) is 22.5. The van der Waals surface area contributed by atoms with Crippen molar-refractivity contribution in [1.29, 1.82) is 0 Å². The van der Waals surface area contributed by atoms with Gasteiger partial charge in [0.2, 0.25) is 0 Å². The fourth-order valence-corrected chi connectivity index (χ4v) is 4.39. The highest BCUT2D eigenvalue weighted by atomic mass is 16.5. The van der Waals surface area contributed by atoms with Gasteiger partial charge < -0.3 is 14.0 Å². The third-order valence-corrected chi connectivity index (χ3v) is 5.85. The molecule has 4 nitrogen and oxygen atoms in total. The summed E-state index contributed by atoms with van der Waals surface area (Å²) in [6, 6.07) is 14.9. The molecule has 166 valence electrons. The average molecular weight is 422 g/mol. The summed E-state index contributed by atoms with van der Waals surface area (Å²) in [6.07, 6.45) is 2.56. The van der Waals surface area contributed by atoms with Crippen LogP contribution < -0.4 is 4.74 Å². The number of aromatic nitrogens is 1. The summed E-state index contributed by atoms with van der Waals surface area (Å²) in [5.74, 6) is 1.21. The Labute approximate surface area is 186 Å². The molecule has 4 heteroatoms. The minimum absolute atomic E-state index is 0.145. The van der Waals surface area contributed by atoms with Crippen LogP contribution in [-0.2, 0) is 16.0 Å². The Morgan fingerprint density at radius 1 is 1.03 bits per heavy atom. The lowest BCUT2D eigenvalue weighted by molar-refractivity contribution is -0.147. The number of esters is 1. The SMILES string of the molecule is CCCC(C(=O)OCC)n1c(C)cc2cc(Cc3ccc(OC)c(C(C)C)c3)ccc21. The van der Waals surface area contributed by atoms with Gasteiger partial charge in [-0.2, -0.15) is 0 Å². The molecular formula is C27H35NO3. The van der Waals surface area contributed by atoms with E-state index >= 15 is 0 Å². The van der Waals surface area contributed by atoms with E-state index in [9.17, 15) is 4.79 Å². The Balaban J connectivity index is 1.94. The van der Waals surface area contributed by atoms with E-state index in [1.54, 1.807) is 7.11 Å². The first-order valence-electron chi connectivity index (χ1n) is 11.3. The van der Waals surface area contributed by atoms with Crippen LogP contribution in [0.2, 0.25) is 0 Å². The molecule has 0 radical (unpaired) electrons. The molecule has 0 aliphatic heterocycles. The van der Waals surface area contributed by atoms with E-state index in [4.69, 9.17) is 9.47 Å². The Bertz CT molecular complexity index is 1050. The standard InChI is InChI=1S/C27H35NO3/c1-7-9-25(27(29)31-8-2)28-19(5)14-22-16-20(10-12-24(22)28)15-21-11-13-26(30-6)23(17-21)18(3)4/h10-14,16-18,25H,7-9,15H2,1-6H3. The number of ether oxygens (including phenoxy) is 2. The van der Waals surface area contributed by atoms with Crippen LogP contribution >= 0.6 is 0 Å². The van der Waals surface area contributed by atoms with Gasteiger partial charge in [-0.3, -0.25) is 0 Å². The van der Waals surface area contributed by atoms with Gasteiger partial charge in [-0.05, 0) is 73.6 Å². The summed E-state index contributed by atoms with van der Waals surface area (Å²) in [5, 5.41) is 1.16. The molecule has 0 aliphatic rings. The Morgan fingerprint density at radius 3 is 2.39 bits per heavy atom. The summed E-state index contributed by atoms with van der Waals surface area (Å²) in [4.78, 5) is 12.6. The van der Waals surface area contributed by atoms with E-state index in [1.165, 1.54) is 16.7 Å². The monoisotopic (exact) mass is 421 g/mol. The fraction of sp³-hybridized carbons (Fsp3) is 0.444. The van der Waals surface area contributed by atoms with Crippen molar-refractivity contribution in [3.05, 3.63) is 64.8 Å². The molecule has 1 heterocycles. The minimum Gasteiger partial charge on any atom is -0.496 e. The minimum atomic E-state index is -0.275. The van der Waals surface area contributed by atoms with Crippen molar-refractivity contribution in [2.45, 2.75) is 65.8 Å². The van der Waals surface area contributed by atoms with Crippen molar-refractivity contribution in [3.8, 4) is 5.75 Å². The quantitative estimate of drug-likeness (QED) is 0.367. The number of methoxy groups -OCH3 is 1. The van der Waals surface area contributed by atoms with Crippen molar-refractivity contribution >= 4 is 16.9 Å². The molecule has 2 aromatic carbocycles. The van der Waals surface area contributed by atoms with Gasteiger partial charge in [-0.1, -0.05) is 45.4 Å². The van der Waals surface area contributed by atoms with E-state index in [1.807, 2.05) is 6.92 Å². The number of hydrogen-bond donors (Lipinski definition) is 0. The third kappa shape index (κ3) is 4.95. The van der Waals surface area contributed by atoms with E-state index in [2.05, 4.69) is 74.7 Å². The number of hydrogen-bond acceptors (Lipinski definition) is 3. The van der Waals surface area contributed by atoms with Gasteiger partial charge in [0.15, 0.2) is 0 Å².